The van der Waals surface area contributed by atoms with Gasteiger partial charge in [-0.15, -0.1) is 0 Å². The molecule has 1 nitrogen and oxygen atoms in total. The number of benzene rings is 1. The summed E-state index contributed by atoms with van der Waals surface area (Å²) in [7, 11) is 0. The van der Waals surface area contributed by atoms with Crippen molar-refractivity contribution in [2.75, 3.05) is 4.43 Å². The summed E-state index contributed by atoms with van der Waals surface area (Å²) in [6.07, 6.45) is 1.49. The van der Waals surface area contributed by atoms with Crippen LogP contribution in [0.15, 0.2) is 12.1 Å². The van der Waals surface area contributed by atoms with E-state index in [2.05, 4.69) is 48.6 Å². The van der Waals surface area contributed by atoms with Crippen LogP contribution in [0.4, 0.5) is 0 Å². The average molecular weight is 288 g/mol. The van der Waals surface area contributed by atoms with Crippen LogP contribution in [0.25, 0.3) is 0 Å². The number of fused-ring (bicyclic) bond motifs is 1. The molecule has 0 aromatic heterocycles. The molecule has 13 heavy (non-hydrogen) atoms. The number of ether oxygens (including phenoxy) is 1. The Hall–Kier alpha value is -0.250. The topological polar surface area (TPSA) is 9.23 Å². The first-order valence-electron chi connectivity index (χ1n) is 4.53. The molecular weight excluding hydrogens is 275 g/mol. The van der Waals surface area contributed by atoms with Crippen molar-refractivity contribution in [1.29, 1.82) is 0 Å². The van der Waals surface area contributed by atoms with Crippen molar-refractivity contribution in [3.8, 4) is 5.75 Å². The smallest absolute Gasteiger partial charge is 0.123 e. The monoisotopic (exact) mass is 288 g/mol. The molecule has 1 aromatic carbocycles. The summed E-state index contributed by atoms with van der Waals surface area (Å²) in [4.78, 5) is 0. The van der Waals surface area contributed by atoms with Crippen LogP contribution in [0.3, 0.4) is 0 Å². The quantitative estimate of drug-likeness (QED) is 0.570. The molecule has 1 aliphatic heterocycles. The highest BCUT2D eigenvalue weighted by molar-refractivity contribution is 14.1. The Morgan fingerprint density at radius 2 is 2.23 bits per heavy atom. The van der Waals surface area contributed by atoms with Gasteiger partial charge < -0.3 is 4.74 Å². The standard InChI is InChI=1S/C11H13IO/c1-7-3-8(2)10-5-9(6-12)13-11(10)4-7/h3-4,9H,5-6H2,1-2H3. The van der Waals surface area contributed by atoms with Crippen molar-refractivity contribution < 1.29 is 4.74 Å². The molecule has 2 rings (SSSR count). The van der Waals surface area contributed by atoms with Gasteiger partial charge in [0.15, 0.2) is 0 Å². The molecule has 0 N–H and O–H groups in total. The lowest BCUT2D eigenvalue weighted by molar-refractivity contribution is 0.262. The van der Waals surface area contributed by atoms with Crippen LogP contribution in [0.2, 0.25) is 0 Å². The van der Waals surface area contributed by atoms with E-state index < -0.39 is 0 Å². The van der Waals surface area contributed by atoms with Gasteiger partial charge in [-0.25, -0.2) is 0 Å². The van der Waals surface area contributed by atoms with Gasteiger partial charge in [0.1, 0.15) is 11.9 Å². The number of rotatable bonds is 1. The summed E-state index contributed by atoms with van der Waals surface area (Å²) < 4.78 is 6.88. The Balaban J connectivity index is 2.40. The Labute approximate surface area is 92.6 Å². The number of halogens is 1. The summed E-state index contributed by atoms with van der Waals surface area (Å²) in [6.45, 7) is 4.29. The van der Waals surface area contributed by atoms with E-state index in [9.17, 15) is 0 Å². The molecule has 0 amide bonds. The van der Waals surface area contributed by atoms with E-state index in [1.807, 2.05) is 0 Å². The van der Waals surface area contributed by atoms with Gasteiger partial charge in [0.05, 0.1) is 0 Å². The van der Waals surface area contributed by atoms with Gasteiger partial charge in [0.25, 0.3) is 0 Å². The zero-order valence-corrected chi connectivity index (χ0v) is 10.1. The first kappa shape index (κ1) is 9.31. The number of hydrogen-bond acceptors (Lipinski definition) is 1. The van der Waals surface area contributed by atoms with E-state index in [4.69, 9.17) is 4.74 Å². The lowest BCUT2D eigenvalue weighted by Gasteiger charge is -2.05. The summed E-state index contributed by atoms with van der Waals surface area (Å²) in [5.74, 6) is 1.11. The molecular formula is C11H13IO. The van der Waals surface area contributed by atoms with Crippen molar-refractivity contribution in [3.63, 3.8) is 0 Å². The lowest BCUT2D eigenvalue weighted by atomic mass is 10.0. The third kappa shape index (κ3) is 1.68. The van der Waals surface area contributed by atoms with E-state index in [0.29, 0.717) is 6.10 Å². The highest BCUT2D eigenvalue weighted by Crippen LogP contribution is 2.33. The second-order valence-corrected chi connectivity index (χ2v) is 4.54. The van der Waals surface area contributed by atoms with Gasteiger partial charge in [-0.05, 0) is 31.0 Å². The third-order valence-corrected chi connectivity index (χ3v) is 3.46. The second kappa shape index (κ2) is 3.48. The predicted molar refractivity (Wildman–Crippen MR) is 62.9 cm³/mol. The average Bonchev–Trinajstić information content (AvgIpc) is 2.47. The first-order valence-corrected chi connectivity index (χ1v) is 6.06. The van der Waals surface area contributed by atoms with Crippen LogP contribution in [-0.2, 0) is 6.42 Å². The predicted octanol–water partition coefficient (Wildman–Crippen LogP) is 3.04. The van der Waals surface area contributed by atoms with Crippen molar-refractivity contribution in [1.82, 2.24) is 0 Å². The molecule has 1 atom stereocenters. The number of alkyl halides is 1. The van der Waals surface area contributed by atoms with Crippen LogP contribution in [0.5, 0.6) is 5.75 Å². The minimum atomic E-state index is 0.399. The molecule has 70 valence electrons. The molecule has 0 aliphatic carbocycles. The highest BCUT2D eigenvalue weighted by atomic mass is 127. The minimum absolute atomic E-state index is 0.399. The summed E-state index contributed by atoms with van der Waals surface area (Å²) in [5.41, 5.74) is 4.08. The van der Waals surface area contributed by atoms with Gasteiger partial charge in [-0.3, -0.25) is 0 Å². The molecule has 1 heterocycles. The van der Waals surface area contributed by atoms with Crippen molar-refractivity contribution in [2.24, 2.45) is 0 Å². The van der Waals surface area contributed by atoms with Crippen LogP contribution in [-0.4, -0.2) is 10.5 Å². The fourth-order valence-electron chi connectivity index (χ4n) is 1.86. The van der Waals surface area contributed by atoms with E-state index in [1.165, 1.54) is 16.7 Å². The Kier molecular flexibility index (Phi) is 2.49. The molecule has 1 unspecified atom stereocenters. The number of aryl methyl sites for hydroxylation is 2. The van der Waals surface area contributed by atoms with Crippen LogP contribution < -0.4 is 4.74 Å². The molecule has 0 saturated carbocycles. The van der Waals surface area contributed by atoms with Crippen molar-refractivity contribution in [2.45, 2.75) is 26.4 Å². The molecule has 0 radical (unpaired) electrons. The first-order chi connectivity index (χ1) is 6.20. The van der Waals surface area contributed by atoms with Gasteiger partial charge in [0, 0.05) is 16.4 Å². The van der Waals surface area contributed by atoms with E-state index in [0.717, 1.165) is 16.6 Å². The highest BCUT2D eigenvalue weighted by Gasteiger charge is 2.23. The van der Waals surface area contributed by atoms with Gasteiger partial charge >= 0.3 is 0 Å². The van der Waals surface area contributed by atoms with E-state index in [-0.39, 0.29) is 0 Å². The maximum absolute atomic E-state index is 5.81. The lowest BCUT2D eigenvalue weighted by Crippen LogP contribution is -2.13. The molecule has 0 saturated heterocycles. The molecule has 0 bridgehead atoms. The van der Waals surface area contributed by atoms with Crippen LogP contribution >= 0.6 is 22.6 Å². The Morgan fingerprint density at radius 1 is 1.46 bits per heavy atom. The second-order valence-electron chi connectivity index (χ2n) is 3.66. The SMILES string of the molecule is Cc1cc(C)c2c(c1)OC(CI)C2. The number of hydrogen-bond donors (Lipinski definition) is 0. The van der Waals surface area contributed by atoms with E-state index >= 15 is 0 Å². The molecule has 1 aliphatic rings. The van der Waals surface area contributed by atoms with Gasteiger partial charge in [-0.2, -0.15) is 0 Å². The molecule has 0 fully saturated rings. The zero-order valence-electron chi connectivity index (χ0n) is 7.93. The fraction of sp³-hybridized carbons (Fsp3) is 0.455. The minimum Gasteiger partial charge on any atom is -0.489 e. The van der Waals surface area contributed by atoms with Crippen molar-refractivity contribution >= 4 is 22.6 Å². The maximum atomic E-state index is 5.81. The summed E-state index contributed by atoms with van der Waals surface area (Å²) >= 11 is 2.38. The van der Waals surface area contributed by atoms with Gasteiger partial charge in [-0.1, -0.05) is 28.7 Å². The third-order valence-electron chi connectivity index (χ3n) is 2.47. The Morgan fingerprint density at radius 3 is 2.92 bits per heavy atom. The normalized spacial score (nSPS) is 19.8. The largest absolute Gasteiger partial charge is 0.489 e. The fourth-order valence-corrected chi connectivity index (χ4v) is 2.35. The Bertz CT molecular complexity index is 333. The van der Waals surface area contributed by atoms with Crippen LogP contribution in [0.1, 0.15) is 16.7 Å². The summed E-state index contributed by atoms with van der Waals surface area (Å²) in [6, 6.07) is 4.38. The van der Waals surface area contributed by atoms with Crippen molar-refractivity contribution in [3.05, 3.63) is 28.8 Å². The molecule has 1 aromatic rings. The molecule has 2 heteroatoms. The van der Waals surface area contributed by atoms with Gasteiger partial charge in [0.2, 0.25) is 0 Å². The van der Waals surface area contributed by atoms with Crippen LogP contribution in [0, 0.1) is 13.8 Å². The maximum Gasteiger partial charge on any atom is 0.123 e. The molecule has 0 spiro atoms. The zero-order chi connectivity index (χ0) is 9.42. The summed E-state index contributed by atoms with van der Waals surface area (Å²) in [5, 5.41) is 0. The van der Waals surface area contributed by atoms with E-state index in [1.54, 1.807) is 0 Å².